The van der Waals surface area contributed by atoms with Crippen molar-refractivity contribution in [3.8, 4) is 11.5 Å². The first-order chi connectivity index (χ1) is 11.7. The summed E-state index contributed by atoms with van der Waals surface area (Å²) >= 11 is 6.00. The van der Waals surface area contributed by atoms with Crippen LogP contribution in [0.3, 0.4) is 0 Å². The summed E-state index contributed by atoms with van der Waals surface area (Å²) in [7, 11) is 3.24. The van der Waals surface area contributed by atoms with Crippen molar-refractivity contribution >= 4 is 34.4 Å². The third kappa shape index (κ3) is 3.41. The van der Waals surface area contributed by atoms with Gasteiger partial charge in [-0.15, -0.1) is 0 Å². The molecule has 0 atom stereocenters. The molecule has 3 aromatic rings. The lowest BCUT2D eigenvalue weighted by molar-refractivity contribution is 0.402. The molecule has 3 rings (SSSR count). The molecule has 6 heteroatoms. The maximum absolute atomic E-state index is 6.00. The highest BCUT2D eigenvalue weighted by molar-refractivity contribution is 6.31. The number of ether oxygens (including phenoxy) is 2. The van der Waals surface area contributed by atoms with Crippen LogP contribution in [0.1, 0.15) is 5.56 Å². The predicted molar refractivity (Wildman–Crippen MR) is 97.5 cm³/mol. The van der Waals surface area contributed by atoms with Crippen LogP contribution in [0.25, 0.3) is 10.9 Å². The van der Waals surface area contributed by atoms with Crippen LogP contribution >= 0.6 is 11.6 Å². The summed E-state index contributed by atoms with van der Waals surface area (Å²) in [5.74, 6) is 1.45. The zero-order valence-electron chi connectivity index (χ0n) is 13.3. The molecule has 2 aromatic carbocycles. The molecule has 0 radical (unpaired) electrons. The highest BCUT2D eigenvalue weighted by atomic mass is 35.5. The molecule has 1 N–H and O–H groups in total. The van der Waals surface area contributed by atoms with Crippen LogP contribution in [0.2, 0.25) is 5.02 Å². The topological polar surface area (TPSA) is 55.7 Å². The normalized spacial score (nSPS) is 11.0. The summed E-state index contributed by atoms with van der Waals surface area (Å²) in [5.41, 5.74) is 5.49. The van der Waals surface area contributed by atoms with E-state index in [0.29, 0.717) is 10.8 Å². The quantitative estimate of drug-likeness (QED) is 0.553. The Morgan fingerprint density at radius 2 is 1.96 bits per heavy atom. The fourth-order valence-electron chi connectivity index (χ4n) is 2.33. The van der Waals surface area contributed by atoms with E-state index in [1.165, 1.54) is 0 Å². The zero-order valence-corrected chi connectivity index (χ0v) is 14.0. The molecule has 0 aliphatic carbocycles. The largest absolute Gasteiger partial charge is 0.497 e. The molecule has 0 bridgehead atoms. The van der Waals surface area contributed by atoms with Crippen LogP contribution in [0, 0.1) is 0 Å². The fraction of sp³-hybridized carbons (Fsp3) is 0.111. The van der Waals surface area contributed by atoms with E-state index in [1.807, 2.05) is 42.5 Å². The summed E-state index contributed by atoms with van der Waals surface area (Å²) in [5, 5.41) is 5.89. The fourth-order valence-corrected chi connectivity index (χ4v) is 2.50. The number of aromatic nitrogens is 1. The number of benzene rings is 2. The first-order valence-electron chi connectivity index (χ1n) is 7.26. The lowest BCUT2D eigenvalue weighted by Crippen LogP contribution is -1.96. The SMILES string of the molecule is COc1ccc(OC)c(/C=N/Nc2ccnc3cc(Cl)ccc23)c1. The Bertz CT molecular complexity index is 897. The second-order valence-corrected chi connectivity index (χ2v) is 5.43. The van der Waals surface area contributed by atoms with Gasteiger partial charge in [-0.3, -0.25) is 10.4 Å². The highest BCUT2D eigenvalue weighted by Gasteiger charge is 2.04. The van der Waals surface area contributed by atoms with Crippen LogP contribution in [-0.2, 0) is 0 Å². The lowest BCUT2D eigenvalue weighted by atomic mass is 10.2. The van der Waals surface area contributed by atoms with Crippen molar-refractivity contribution in [2.24, 2.45) is 5.10 Å². The Labute approximate surface area is 144 Å². The van der Waals surface area contributed by atoms with Crippen LogP contribution in [-0.4, -0.2) is 25.4 Å². The smallest absolute Gasteiger partial charge is 0.127 e. The van der Waals surface area contributed by atoms with E-state index < -0.39 is 0 Å². The van der Waals surface area contributed by atoms with E-state index in [9.17, 15) is 0 Å². The summed E-state index contributed by atoms with van der Waals surface area (Å²) in [6.45, 7) is 0. The summed E-state index contributed by atoms with van der Waals surface area (Å²) in [6.07, 6.45) is 3.40. The molecule has 0 saturated carbocycles. The van der Waals surface area contributed by atoms with Crippen molar-refractivity contribution in [1.29, 1.82) is 0 Å². The number of methoxy groups -OCH3 is 2. The number of hydrogen-bond acceptors (Lipinski definition) is 5. The van der Waals surface area contributed by atoms with Crippen LogP contribution in [0.4, 0.5) is 5.69 Å². The number of hydrazone groups is 1. The van der Waals surface area contributed by atoms with Gasteiger partial charge in [0.2, 0.25) is 0 Å². The van der Waals surface area contributed by atoms with Gasteiger partial charge in [-0.1, -0.05) is 11.6 Å². The zero-order chi connectivity index (χ0) is 16.9. The minimum absolute atomic E-state index is 0.650. The number of anilines is 1. The molecular formula is C18H16ClN3O2. The van der Waals surface area contributed by atoms with Crippen molar-refractivity contribution in [3.63, 3.8) is 0 Å². The van der Waals surface area contributed by atoms with E-state index in [2.05, 4.69) is 15.5 Å². The molecule has 0 spiro atoms. The number of nitrogens with zero attached hydrogens (tertiary/aromatic N) is 2. The molecule has 5 nitrogen and oxygen atoms in total. The highest BCUT2D eigenvalue weighted by Crippen LogP contribution is 2.25. The van der Waals surface area contributed by atoms with E-state index in [-0.39, 0.29) is 0 Å². The van der Waals surface area contributed by atoms with E-state index in [4.69, 9.17) is 21.1 Å². The van der Waals surface area contributed by atoms with Gasteiger partial charge in [0.05, 0.1) is 31.6 Å². The summed E-state index contributed by atoms with van der Waals surface area (Å²) in [4.78, 5) is 4.31. The van der Waals surface area contributed by atoms with Crippen molar-refractivity contribution < 1.29 is 9.47 Å². The van der Waals surface area contributed by atoms with Gasteiger partial charge in [0.15, 0.2) is 0 Å². The molecule has 0 saturated heterocycles. The first-order valence-corrected chi connectivity index (χ1v) is 7.64. The van der Waals surface area contributed by atoms with Crippen molar-refractivity contribution in [1.82, 2.24) is 4.98 Å². The Balaban J connectivity index is 1.87. The van der Waals surface area contributed by atoms with Crippen molar-refractivity contribution in [2.45, 2.75) is 0 Å². The van der Waals surface area contributed by atoms with Gasteiger partial charge < -0.3 is 9.47 Å². The standard InChI is InChI=1S/C18H16ClN3O2/c1-23-14-4-6-18(24-2)12(9-14)11-21-22-16-7-8-20-17-10-13(19)3-5-15(16)17/h3-11H,1-2H3,(H,20,22)/b21-11+. The first kappa shape index (κ1) is 16.1. The molecule has 1 heterocycles. The maximum Gasteiger partial charge on any atom is 0.127 e. The molecule has 0 unspecified atom stereocenters. The molecule has 122 valence electrons. The Morgan fingerprint density at radius 1 is 1.08 bits per heavy atom. The van der Waals surface area contributed by atoms with Gasteiger partial charge in [-0.25, -0.2) is 0 Å². The van der Waals surface area contributed by atoms with E-state index in [1.54, 1.807) is 26.6 Å². The molecule has 0 aliphatic heterocycles. The average Bonchev–Trinajstić information content (AvgIpc) is 2.61. The average molecular weight is 342 g/mol. The maximum atomic E-state index is 6.00. The third-order valence-electron chi connectivity index (χ3n) is 3.53. The molecule has 0 amide bonds. The lowest BCUT2D eigenvalue weighted by Gasteiger charge is -2.08. The Hall–Kier alpha value is -2.79. The number of rotatable bonds is 5. The summed E-state index contributed by atoms with van der Waals surface area (Å²) < 4.78 is 10.6. The predicted octanol–water partition coefficient (Wildman–Crippen LogP) is 4.35. The second kappa shape index (κ2) is 7.19. The van der Waals surface area contributed by atoms with Gasteiger partial charge in [-0.05, 0) is 42.5 Å². The van der Waals surface area contributed by atoms with Crippen LogP contribution in [0.5, 0.6) is 11.5 Å². The van der Waals surface area contributed by atoms with Gasteiger partial charge in [0.1, 0.15) is 11.5 Å². The minimum Gasteiger partial charge on any atom is -0.497 e. The molecule has 24 heavy (non-hydrogen) atoms. The minimum atomic E-state index is 0.650. The number of nitrogens with one attached hydrogen (secondary N) is 1. The van der Waals surface area contributed by atoms with Crippen molar-refractivity contribution in [2.75, 3.05) is 19.6 Å². The monoisotopic (exact) mass is 341 g/mol. The van der Waals surface area contributed by atoms with Gasteiger partial charge in [-0.2, -0.15) is 5.10 Å². The molecule has 1 aromatic heterocycles. The number of hydrogen-bond donors (Lipinski definition) is 1. The second-order valence-electron chi connectivity index (χ2n) is 5.00. The van der Waals surface area contributed by atoms with Crippen LogP contribution < -0.4 is 14.9 Å². The molecule has 0 fully saturated rings. The number of halogens is 1. The van der Waals surface area contributed by atoms with Gasteiger partial charge >= 0.3 is 0 Å². The van der Waals surface area contributed by atoms with Gasteiger partial charge in [0, 0.05) is 22.2 Å². The Kier molecular flexibility index (Phi) is 4.82. The van der Waals surface area contributed by atoms with Crippen molar-refractivity contribution in [3.05, 3.63) is 59.2 Å². The summed E-state index contributed by atoms with van der Waals surface area (Å²) in [6, 6.07) is 12.9. The molecular weight excluding hydrogens is 326 g/mol. The third-order valence-corrected chi connectivity index (χ3v) is 3.77. The van der Waals surface area contributed by atoms with Crippen LogP contribution in [0.15, 0.2) is 53.8 Å². The molecule has 0 aliphatic rings. The number of fused-ring (bicyclic) bond motifs is 1. The number of pyridine rings is 1. The van der Waals surface area contributed by atoms with Gasteiger partial charge in [0.25, 0.3) is 0 Å². The van der Waals surface area contributed by atoms with E-state index in [0.717, 1.165) is 27.9 Å². The van der Waals surface area contributed by atoms with E-state index >= 15 is 0 Å². The Morgan fingerprint density at radius 3 is 2.75 bits per heavy atom.